The van der Waals surface area contributed by atoms with E-state index in [1.54, 1.807) is 17.7 Å². The van der Waals surface area contributed by atoms with Crippen molar-refractivity contribution in [3.8, 4) is 5.75 Å². The molecule has 1 unspecified atom stereocenters. The Balaban J connectivity index is 1.19. The molecule has 2 aliphatic heterocycles. The normalized spacial score (nSPS) is 19.2. The number of aromatic nitrogens is 2. The van der Waals surface area contributed by atoms with Crippen molar-refractivity contribution in [3.63, 3.8) is 0 Å². The van der Waals surface area contributed by atoms with Gasteiger partial charge in [-0.15, -0.1) is 11.3 Å². The second kappa shape index (κ2) is 7.27. The first kappa shape index (κ1) is 17.2. The number of nitrogens with zero attached hydrogens (tertiary/aromatic N) is 4. The number of ether oxygens (including phenoxy) is 1. The second-order valence-electron chi connectivity index (χ2n) is 7.08. The molecular formula is C20H21N5O2S. The summed E-state index contributed by atoms with van der Waals surface area (Å²) in [6.45, 7) is 3.38. The Morgan fingerprint density at radius 2 is 2.00 bits per heavy atom. The zero-order valence-electron chi connectivity index (χ0n) is 15.4. The van der Waals surface area contributed by atoms with Gasteiger partial charge in [0.2, 0.25) is 0 Å². The molecule has 0 bridgehead atoms. The van der Waals surface area contributed by atoms with Crippen LogP contribution in [0.1, 0.15) is 5.56 Å². The highest BCUT2D eigenvalue weighted by molar-refractivity contribution is 7.16. The number of amides is 2. The van der Waals surface area contributed by atoms with Gasteiger partial charge in [-0.05, 0) is 29.5 Å². The lowest BCUT2D eigenvalue weighted by molar-refractivity contribution is 0.178. The summed E-state index contributed by atoms with van der Waals surface area (Å²) in [5.41, 5.74) is 1.15. The first-order valence-corrected chi connectivity index (χ1v) is 10.4. The van der Waals surface area contributed by atoms with Gasteiger partial charge in [0.05, 0.1) is 11.4 Å². The highest BCUT2D eigenvalue weighted by Crippen LogP contribution is 2.27. The number of carbonyl (C=O) groups excluding carboxylic acids is 1. The van der Waals surface area contributed by atoms with Gasteiger partial charge in [0, 0.05) is 26.2 Å². The molecule has 0 spiro atoms. The summed E-state index contributed by atoms with van der Waals surface area (Å²) < 4.78 is 5.78. The number of anilines is 1. The number of urea groups is 1. The summed E-state index contributed by atoms with van der Waals surface area (Å²) in [6.07, 6.45) is 2.42. The van der Waals surface area contributed by atoms with Crippen LogP contribution in [0.4, 0.5) is 10.6 Å². The van der Waals surface area contributed by atoms with E-state index in [0.29, 0.717) is 19.7 Å². The van der Waals surface area contributed by atoms with E-state index >= 15 is 0 Å². The van der Waals surface area contributed by atoms with Crippen molar-refractivity contribution in [1.29, 1.82) is 0 Å². The number of nitrogens with one attached hydrogen (secondary N) is 1. The Kier molecular flexibility index (Phi) is 4.48. The van der Waals surface area contributed by atoms with E-state index in [1.807, 2.05) is 28.5 Å². The molecule has 28 heavy (non-hydrogen) atoms. The van der Waals surface area contributed by atoms with Crippen LogP contribution in [0.5, 0.6) is 5.75 Å². The van der Waals surface area contributed by atoms with Crippen molar-refractivity contribution >= 4 is 33.4 Å². The van der Waals surface area contributed by atoms with Crippen LogP contribution >= 0.6 is 11.3 Å². The highest BCUT2D eigenvalue weighted by Gasteiger charge is 2.27. The molecule has 1 atom stereocenters. The van der Waals surface area contributed by atoms with E-state index < -0.39 is 0 Å². The first-order valence-electron chi connectivity index (χ1n) is 9.47. The van der Waals surface area contributed by atoms with E-state index in [2.05, 4.69) is 32.3 Å². The van der Waals surface area contributed by atoms with Gasteiger partial charge >= 0.3 is 6.03 Å². The molecule has 1 N–H and O–H groups in total. The summed E-state index contributed by atoms with van der Waals surface area (Å²) in [7, 11) is 0. The summed E-state index contributed by atoms with van der Waals surface area (Å²) in [6, 6.07) is 10.1. The largest absolute Gasteiger partial charge is 0.491 e. The third kappa shape index (κ3) is 3.24. The predicted octanol–water partition coefficient (Wildman–Crippen LogP) is 2.53. The fraction of sp³-hybridized carbons (Fsp3) is 0.350. The minimum atomic E-state index is -0.0176. The molecule has 1 saturated heterocycles. The zero-order chi connectivity index (χ0) is 18.9. The van der Waals surface area contributed by atoms with Crippen molar-refractivity contribution in [1.82, 2.24) is 20.2 Å². The van der Waals surface area contributed by atoms with E-state index in [4.69, 9.17) is 4.74 Å². The predicted molar refractivity (Wildman–Crippen MR) is 109 cm³/mol. The van der Waals surface area contributed by atoms with Crippen LogP contribution in [-0.2, 0) is 6.42 Å². The number of rotatable bonds is 2. The quantitative estimate of drug-likeness (QED) is 0.722. The number of benzene rings is 1. The molecule has 2 amide bonds. The molecule has 0 aliphatic carbocycles. The number of piperazine rings is 1. The van der Waals surface area contributed by atoms with Gasteiger partial charge in [-0.2, -0.15) is 0 Å². The number of thiophene rings is 1. The van der Waals surface area contributed by atoms with Crippen molar-refractivity contribution in [2.75, 3.05) is 37.7 Å². The third-order valence-corrected chi connectivity index (χ3v) is 6.13. The monoisotopic (exact) mass is 395 g/mol. The maximum absolute atomic E-state index is 12.7. The topological polar surface area (TPSA) is 70.6 Å². The van der Waals surface area contributed by atoms with E-state index in [1.165, 1.54) is 0 Å². The van der Waals surface area contributed by atoms with Gasteiger partial charge in [0.1, 0.15) is 29.3 Å². The van der Waals surface area contributed by atoms with Gasteiger partial charge < -0.3 is 19.9 Å². The molecule has 1 aromatic carbocycles. The van der Waals surface area contributed by atoms with Gasteiger partial charge in [-0.3, -0.25) is 0 Å². The molecule has 3 aromatic rings. The van der Waals surface area contributed by atoms with Gasteiger partial charge in [0.15, 0.2) is 0 Å². The average Bonchev–Trinajstić information content (AvgIpc) is 3.23. The molecule has 2 aliphatic rings. The van der Waals surface area contributed by atoms with Crippen molar-refractivity contribution in [2.24, 2.45) is 0 Å². The Hall–Kier alpha value is -2.87. The van der Waals surface area contributed by atoms with Crippen LogP contribution in [0.3, 0.4) is 0 Å². The maximum atomic E-state index is 12.7. The first-order chi connectivity index (χ1) is 13.8. The number of para-hydroxylation sites is 1. The zero-order valence-corrected chi connectivity index (χ0v) is 16.2. The number of hydrogen-bond acceptors (Lipinski definition) is 6. The molecule has 2 aromatic heterocycles. The fourth-order valence-corrected chi connectivity index (χ4v) is 4.56. The molecule has 5 rings (SSSR count). The molecule has 7 nitrogen and oxygen atoms in total. The number of carbonyl (C=O) groups is 1. The lowest BCUT2D eigenvalue weighted by Gasteiger charge is -2.36. The third-order valence-electron chi connectivity index (χ3n) is 5.31. The summed E-state index contributed by atoms with van der Waals surface area (Å²) in [4.78, 5) is 26.6. The van der Waals surface area contributed by atoms with Gasteiger partial charge in [-0.25, -0.2) is 14.8 Å². The lowest BCUT2D eigenvalue weighted by Crippen LogP contribution is -2.55. The standard InChI is InChI=1S/C20H21N5O2S/c26-20(23-15-11-14-3-1-2-4-17(14)27-12-15)25-8-6-24(7-9-25)18-16-5-10-28-19(16)22-13-21-18/h1-5,10,13,15H,6-9,11-12H2,(H,23,26). The average molecular weight is 395 g/mol. The number of fused-ring (bicyclic) bond motifs is 2. The Labute approximate surface area is 167 Å². The smallest absolute Gasteiger partial charge is 0.317 e. The van der Waals surface area contributed by atoms with Crippen molar-refractivity contribution in [3.05, 3.63) is 47.6 Å². The molecule has 0 saturated carbocycles. The Bertz CT molecular complexity index is 999. The maximum Gasteiger partial charge on any atom is 0.317 e. The van der Waals surface area contributed by atoms with E-state index in [0.717, 1.165) is 46.9 Å². The lowest BCUT2D eigenvalue weighted by atomic mass is 10.0. The second-order valence-corrected chi connectivity index (χ2v) is 7.97. The SMILES string of the molecule is O=C(NC1COc2ccccc2C1)N1CCN(c2ncnc3sccc23)CC1. The summed E-state index contributed by atoms with van der Waals surface area (Å²) >= 11 is 1.62. The number of hydrogen-bond donors (Lipinski definition) is 1. The molecule has 0 radical (unpaired) electrons. The summed E-state index contributed by atoms with van der Waals surface area (Å²) in [5.74, 6) is 1.88. The summed E-state index contributed by atoms with van der Waals surface area (Å²) in [5, 5.41) is 6.25. The van der Waals surface area contributed by atoms with Crippen LogP contribution in [0, 0.1) is 0 Å². The van der Waals surface area contributed by atoms with Crippen molar-refractivity contribution in [2.45, 2.75) is 12.5 Å². The van der Waals surface area contributed by atoms with Crippen molar-refractivity contribution < 1.29 is 9.53 Å². The highest BCUT2D eigenvalue weighted by atomic mass is 32.1. The van der Waals surface area contributed by atoms with E-state index in [9.17, 15) is 4.79 Å². The Morgan fingerprint density at radius 1 is 1.14 bits per heavy atom. The molecular weight excluding hydrogens is 374 g/mol. The molecule has 8 heteroatoms. The minimum Gasteiger partial charge on any atom is -0.491 e. The van der Waals surface area contributed by atoms with Crippen LogP contribution in [0.25, 0.3) is 10.2 Å². The molecule has 1 fully saturated rings. The minimum absolute atomic E-state index is 0.00715. The van der Waals surface area contributed by atoms with Crippen LogP contribution in [0.2, 0.25) is 0 Å². The van der Waals surface area contributed by atoms with Gasteiger partial charge in [-0.1, -0.05) is 18.2 Å². The van der Waals surface area contributed by atoms with E-state index in [-0.39, 0.29) is 12.1 Å². The van der Waals surface area contributed by atoms with Gasteiger partial charge in [0.25, 0.3) is 0 Å². The fourth-order valence-electron chi connectivity index (χ4n) is 3.84. The Morgan fingerprint density at radius 3 is 2.89 bits per heavy atom. The molecule has 4 heterocycles. The van der Waals surface area contributed by atoms with Crippen LogP contribution in [-0.4, -0.2) is 59.7 Å². The molecule has 144 valence electrons. The van der Waals surface area contributed by atoms with Crippen LogP contribution < -0.4 is 15.0 Å². The van der Waals surface area contributed by atoms with Crippen LogP contribution in [0.15, 0.2) is 42.0 Å².